The van der Waals surface area contributed by atoms with Gasteiger partial charge in [0.15, 0.2) is 0 Å². The number of aromatic nitrogens is 2. The first-order valence-corrected chi connectivity index (χ1v) is 19.7. The van der Waals surface area contributed by atoms with Gasteiger partial charge in [0.1, 0.15) is 31.1 Å². The molecule has 0 aliphatic heterocycles. The van der Waals surface area contributed by atoms with Crippen molar-refractivity contribution in [3.8, 4) is 11.3 Å². The van der Waals surface area contributed by atoms with Crippen LogP contribution in [0.4, 0.5) is 16.2 Å². The topological polar surface area (TPSA) is 130 Å². The van der Waals surface area contributed by atoms with Gasteiger partial charge in [-0.05, 0) is 49.6 Å². The van der Waals surface area contributed by atoms with Gasteiger partial charge in [0.25, 0.3) is 0 Å². The zero-order valence-electron chi connectivity index (χ0n) is 28.6. The highest BCUT2D eigenvalue weighted by Crippen LogP contribution is 2.34. The van der Waals surface area contributed by atoms with Crippen molar-refractivity contribution >= 4 is 37.5 Å². The highest BCUT2D eigenvalue weighted by atomic mass is 28.3. The van der Waals surface area contributed by atoms with Crippen molar-refractivity contribution in [2.45, 2.75) is 70.7 Å². The number of rotatable bonds is 19. The second-order valence-electron chi connectivity index (χ2n) is 12.3. The third-order valence-corrected chi connectivity index (χ3v) is 8.99. The van der Waals surface area contributed by atoms with Crippen molar-refractivity contribution in [3.63, 3.8) is 0 Å². The number of hydrogen-bond donors (Lipinski definition) is 2. The smallest absolute Gasteiger partial charge is 0.411 e. The lowest BCUT2D eigenvalue weighted by Gasteiger charge is -2.20. The molecule has 3 rings (SSSR count). The number of nitrogens with zero attached hydrogens (tertiary/aromatic N) is 2. The predicted molar refractivity (Wildman–Crippen MR) is 190 cm³/mol. The molecule has 0 aliphatic rings. The van der Waals surface area contributed by atoms with E-state index in [1.807, 2.05) is 41.1 Å². The number of imidazole rings is 1. The summed E-state index contributed by atoms with van der Waals surface area (Å²) in [6.45, 7) is 17.3. The van der Waals surface area contributed by atoms with E-state index in [0.717, 1.165) is 11.6 Å². The molecule has 0 fully saturated rings. The molecule has 1 amide bonds. The van der Waals surface area contributed by atoms with E-state index in [1.54, 1.807) is 37.3 Å². The van der Waals surface area contributed by atoms with E-state index in [2.05, 4.69) is 43.4 Å². The first-order valence-electron chi connectivity index (χ1n) is 16.0. The molecule has 1 heterocycles. The highest BCUT2D eigenvalue weighted by molar-refractivity contribution is 6.76. The van der Waals surface area contributed by atoms with Crippen LogP contribution in [0.3, 0.4) is 0 Å². The summed E-state index contributed by atoms with van der Waals surface area (Å²) in [5.41, 5.74) is 2.91. The number of allylic oxidation sites excluding steroid dienone is 1. The van der Waals surface area contributed by atoms with Crippen molar-refractivity contribution in [1.29, 1.82) is 0 Å². The van der Waals surface area contributed by atoms with E-state index >= 15 is 0 Å². The van der Waals surface area contributed by atoms with E-state index in [0.29, 0.717) is 35.1 Å². The minimum Gasteiger partial charge on any atom is -0.464 e. The van der Waals surface area contributed by atoms with Crippen LogP contribution in [0.2, 0.25) is 25.7 Å². The summed E-state index contributed by atoms with van der Waals surface area (Å²) in [5.74, 6) is -1.20. The van der Waals surface area contributed by atoms with E-state index in [9.17, 15) is 14.4 Å². The minimum absolute atomic E-state index is 0.120. The summed E-state index contributed by atoms with van der Waals surface area (Å²) in [5, 5.41) is 5.91. The Hall–Kier alpha value is -4.68. The summed E-state index contributed by atoms with van der Waals surface area (Å²) in [6.07, 6.45) is 5.02. The molecule has 0 aliphatic carbocycles. The molecule has 48 heavy (non-hydrogen) atoms. The number of amides is 1. The summed E-state index contributed by atoms with van der Waals surface area (Å²) < 4.78 is 23.7. The van der Waals surface area contributed by atoms with Crippen LogP contribution in [-0.4, -0.2) is 62.0 Å². The van der Waals surface area contributed by atoms with Crippen LogP contribution >= 0.6 is 0 Å². The molecule has 258 valence electrons. The molecular weight excluding hydrogens is 629 g/mol. The fourth-order valence-electron chi connectivity index (χ4n) is 4.73. The fourth-order valence-corrected chi connectivity index (χ4v) is 5.49. The Morgan fingerprint density at radius 3 is 2.38 bits per heavy atom. The Morgan fingerprint density at radius 1 is 1.00 bits per heavy atom. The molecule has 2 unspecified atom stereocenters. The fraction of sp³-hybridized carbons (Fsp3) is 0.389. The van der Waals surface area contributed by atoms with Gasteiger partial charge in [-0.25, -0.2) is 14.6 Å². The Labute approximate surface area is 284 Å². The van der Waals surface area contributed by atoms with E-state index < -0.39 is 38.1 Å². The third-order valence-electron chi connectivity index (χ3n) is 7.29. The van der Waals surface area contributed by atoms with Crippen molar-refractivity contribution in [2.75, 3.05) is 31.0 Å². The summed E-state index contributed by atoms with van der Waals surface area (Å²) >= 11 is 0. The van der Waals surface area contributed by atoms with Gasteiger partial charge >= 0.3 is 18.0 Å². The summed E-state index contributed by atoms with van der Waals surface area (Å²) in [7, 11) is -0.0746. The zero-order valence-corrected chi connectivity index (χ0v) is 29.6. The van der Waals surface area contributed by atoms with Gasteiger partial charge in [0, 0.05) is 37.8 Å². The number of carbonyl (C=O) groups excluding carboxylic acids is 3. The Kier molecular flexibility index (Phi) is 14.6. The van der Waals surface area contributed by atoms with Crippen molar-refractivity contribution in [3.05, 3.63) is 91.4 Å². The predicted octanol–water partition coefficient (Wildman–Crippen LogP) is 7.36. The van der Waals surface area contributed by atoms with Crippen LogP contribution in [0.25, 0.3) is 11.3 Å². The second-order valence-corrected chi connectivity index (χ2v) is 17.9. The average Bonchev–Trinajstić information content (AvgIpc) is 3.47. The molecule has 12 heteroatoms. The van der Waals surface area contributed by atoms with Crippen molar-refractivity contribution < 1.29 is 33.3 Å². The number of nitrogens with one attached hydrogen (secondary N) is 2. The highest BCUT2D eigenvalue weighted by Gasteiger charge is 2.29. The molecule has 3 aromatic rings. The van der Waals surface area contributed by atoms with Crippen LogP contribution < -0.4 is 10.6 Å². The van der Waals surface area contributed by atoms with Crippen LogP contribution in [0.5, 0.6) is 0 Å². The molecule has 11 nitrogen and oxygen atoms in total. The molecule has 0 saturated carbocycles. The van der Waals surface area contributed by atoms with Gasteiger partial charge in [0.2, 0.25) is 0 Å². The quantitative estimate of drug-likeness (QED) is 0.0440. The lowest BCUT2D eigenvalue weighted by Crippen LogP contribution is -2.31. The molecule has 0 bridgehead atoms. The molecule has 0 saturated heterocycles. The van der Waals surface area contributed by atoms with E-state index in [4.69, 9.17) is 23.9 Å². The van der Waals surface area contributed by atoms with Crippen molar-refractivity contribution in [2.24, 2.45) is 0 Å². The number of methoxy groups -OCH3 is 1. The number of esters is 2. The molecule has 2 aromatic carbocycles. The monoisotopic (exact) mass is 676 g/mol. The van der Waals surface area contributed by atoms with Crippen molar-refractivity contribution in [1.82, 2.24) is 9.55 Å². The maximum Gasteiger partial charge on any atom is 0.411 e. The van der Waals surface area contributed by atoms with Gasteiger partial charge in [-0.15, -0.1) is 13.2 Å². The Balaban J connectivity index is 2.08. The molecule has 0 radical (unpaired) electrons. The number of benzene rings is 2. The van der Waals surface area contributed by atoms with E-state index in [-0.39, 0.29) is 32.8 Å². The van der Waals surface area contributed by atoms with Gasteiger partial charge < -0.3 is 28.8 Å². The SMILES string of the molecule is C=CCC(Nc1cc(NC(=O)OC)ccc1-c1cn(COCC[Si](C)(C)C)c(C(CC=C)C(=O)OCc2ccccc2)n1)C(=O)OCC. The number of hydrogen-bond acceptors (Lipinski definition) is 9. The number of carbonyl (C=O) groups is 3. The average molecular weight is 677 g/mol. The molecule has 2 atom stereocenters. The van der Waals surface area contributed by atoms with Gasteiger partial charge in [-0.3, -0.25) is 10.1 Å². The maximum atomic E-state index is 13.6. The summed E-state index contributed by atoms with van der Waals surface area (Å²) in [6, 6.07) is 14.8. The van der Waals surface area contributed by atoms with E-state index in [1.165, 1.54) is 7.11 Å². The van der Waals surface area contributed by atoms with Crippen LogP contribution in [0.15, 0.2) is 80.0 Å². The van der Waals surface area contributed by atoms with Crippen LogP contribution in [-0.2, 0) is 41.9 Å². The normalized spacial score (nSPS) is 12.4. The first kappa shape index (κ1) is 37.8. The van der Waals surface area contributed by atoms with Gasteiger partial charge in [0.05, 0.1) is 19.4 Å². The van der Waals surface area contributed by atoms with Gasteiger partial charge in [-0.1, -0.05) is 62.1 Å². The number of ether oxygens (including phenoxy) is 4. The van der Waals surface area contributed by atoms with Crippen LogP contribution in [0, 0.1) is 0 Å². The number of anilines is 2. The summed E-state index contributed by atoms with van der Waals surface area (Å²) in [4.78, 5) is 43.4. The maximum absolute atomic E-state index is 13.6. The largest absolute Gasteiger partial charge is 0.464 e. The Morgan fingerprint density at radius 2 is 1.73 bits per heavy atom. The molecular formula is C36H48N4O7Si. The lowest BCUT2D eigenvalue weighted by atomic mass is 10.0. The zero-order chi connectivity index (χ0) is 35.1. The minimum atomic E-state index is -1.35. The Bertz CT molecular complexity index is 1530. The third kappa shape index (κ3) is 11.5. The first-order chi connectivity index (χ1) is 23.0. The molecule has 1 aromatic heterocycles. The second kappa shape index (κ2) is 18.6. The standard InChI is InChI=1S/C36H48N4O7Si/c1-8-14-29(34(41)47-24-26-16-12-11-13-17-26)33-39-32(23-40(33)25-45-20-21-48(5,6)7)28-19-18-27(37-36(43)44-4)22-31(28)38-30(15-9-2)35(42)46-10-3/h8-9,11-13,16-19,22-23,29-30,38H,1-2,10,14-15,20-21,24-25H2,3-7H3,(H,37,43). The van der Waals surface area contributed by atoms with Crippen LogP contribution in [0.1, 0.15) is 37.1 Å². The molecule has 2 N–H and O–H groups in total. The van der Waals surface area contributed by atoms with Gasteiger partial charge in [-0.2, -0.15) is 0 Å². The lowest BCUT2D eigenvalue weighted by molar-refractivity contribution is -0.147. The molecule has 0 spiro atoms.